The molecule has 2 rings (SSSR count). The number of rotatable bonds is 7. The van der Waals surface area contributed by atoms with Crippen LogP contribution in [0.5, 0.6) is 11.5 Å². The largest absolute Gasteiger partial charge is 0.493 e. The molecule has 0 unspecified atom stereocenters. The van der Waals surface area contributed by atoms with E-state index < -0.39 is 0 Å². The highest BCUT2D eigenvalue weighted by Gasteiger charge is 2.12. The summed E-state index contributed by atoms with van der Waals surface area (Å²) < 4.78 is 24.1. The van der Waals surface area contributed by atoms with Crippen LogP contribution in [-0.4, -0.2) is 13.0 Å². The summed E-state index contributed by atoms with van der Waals surface area (Å²) in [6, 6.07) is 13.1. The number of carbonyl (C=O) groups is 1. The average molecular weight is 328 g/mol. The molecule has 24 heavy (non-hydrogen) atoms. The summed E-state index contributed by atoms with van der Waals surface area (Å²) in [4.78, 5) is 11.5. The number of halogens is 1. The van der Waals surface area contributed by atoms with Crippen molar-refractivity contribution in [1.29, 1.82) is 5.26 Å². The zero-order valence-corrected chi connectivity index (χ0v) is 13.2. The summed E-state index contributed by atoms with van der Waals surface area (Å²) >= 11 is 0. The molecule has 6 heteroatoms. The molecular weight excluding hydrogens is 311 g/mol. The van der Waals surface area contributed by atoms with Crippen LogP contribution in [0.1, 0.15) is 17.5 Å². The van der Waals surface area contributed by atoms with Crippen molar-refractivity contribution in [3.63, 3.8) is 0 Å². The third-order valence-electron chi connectivity index (χ3n) is 3.29. The van der Waals surface area contributed by atoms with Gasteiger partial charge in [-0.15, -0.1) is 0 Å². The Hall–Kier alpha value is -3.07. The molecule has 0 saturated heterocycles. The molecular formula is C18H17FN2O3. The number of benzene rings is 2. The summed E-state index contributed by atoms with van der Waals surface area (Å²) in [5.41, 5.74) is 1.53. The smallest absolute Gasteiger partial charge is 0.234 e. The van der Waals surface area contributed by atoms with Crippen LogP contribution in [0.15, 0.2) is 42.5 Å². The lowest BCUT2D eigenvalue weighted by atomic mass is 10.1. The second-order valence-electron chi connectivity index (χ2n) is 4.98. The van der Waals surface area contributed by atoms with Crippen molar-refractivity contribution in [2.75, 3.05) is 7.11 Å². The third-order valence-corrected chi connectivity index (χ3v) is 3.29. The summed E-state index contributed by atoms with van der Waals surface area (Å²) in [5.74, 6) is 0.368. The minimum absolute atomic E-state index is 0.199. The quantitative estimate of drug-likeness (QED) is 0.848. The number of carbonyl (C=O) groups excluding carboxylic acids is 1. The number of ether oxygens (including phenoxy) is 2. The Kier molecular flexibility index (Phi) is 6.15. The van der Waals surface area contributed by atoms with Gasteiger partial charge in [0.25, 0.3) is 0 Å². The van der Waals surface area contributed by atoms with Crippen LogP contribution in [0.2, 0.25) is 0 Å². The van der Waals surface area contributed by atoms with E-state index >= 15 is 0 Å². The van der Waals surface area contributed by atoms with Crippen molar-refractivity contribution >= 4 is 5.91 Å². The van der Waals surface area contributed by atoms with Crippen molar-refractivity contribution in [2.24, 2.45) is 0 Å². The molecule has 2 aromatic carbocycles. The first-order valence-electron chi connectivity index (χ1n) is 7.31. The van der Waals surface area contributed by atoms with Crippen LogP contribution in [0.3, 0.4) is 0 Å². The number of amides is 1. The number of hydrogen-bond donors (Lipinski definition) is 1. The first kappa shape index (κ1) is 17.3. The minimum atomic E-state index is -0.357. The summed E-state index contributed by atoms with van der Waals surface area (Å²) in [5, 5.41) is 11.2. The van der Waals surface area contributed by atoms with Crippen molar-refractivity contribution in [3.8, 4) is 17.6 Å². The molecule has 2 aromatic rings. The number of nitriles is 1. The van der Waals surface area contributed by atoms with Crippen LogP contribution in [-0.2, 0) is 17.9 Å². The fourth-order valence-corrected chi connectivity index (χ4v) is 2.09. The molecule has 0 aliphatic heterocycles. The van der Waals surface area contributed by atoms with E-state index in [2.05, 4.69) is 5.32 Å². The van der Waals surface area contributed by atoms with E-state index in [0.717, 1.165) is 11.1 Å². The van der Waals surface area contributed by atoms with E-state index in [1.54, 1.807) is 36.4 Å². The molecule has 0 spiro atoms. The lowest BCUT2D eigenvalue weighted by Crippen LogP contribution is -2.22. The van der Waals surface area contributed by atoms with Gasteiger partial charge in [0.1, 0.15) is 18.8 Å². The maximum Gasteiger partial charge on any atom is 0.234 e. The molecule has 1 amide bonds. The van der Waals surface area contributed by atoms with Gasteiger partial charge in [0.05, 0.1) is 13.2 Å². The van der Waals surface area contributed by atoms with Crippen molar-refractivity contribution in [1.82, 2.24) is 5.32 Å². The summed E-state index contributed by atoms with van der Waals surface area (Å²) in [6.45, 7) is 0.455. The van der Waals surface area contributed by atoms with Gasteiger partial charge in [-0.25, -0.2) is 4.39 Å². The number of nitrogens with zero attached hydrogens (tertiary/aromatic N) is 1. The van der Waals surface area contributed by atoms with Gasteiger partial charge in [-0.05, 0) is 23.8 Å². The third kappa shape index (κ3) is 4.71. The molecule has 0 fully saturated rings. The van der Waals surface area contributed by atoms with E-state index in [1.807, 2.05) is 0 Å². The minimum Gasteiger partial charge on any atom is -0.493 e. The predicted molar refractivity (Wildman–Crippen MR) is 85.8 cm³/mol. The molecule has 0 aliphatic rings. The number of nitrogens with one attached hydrogen (secondary N) is 1. The van der Waals surface area contributed by atoms with E-state index in [4.69, 9.17) is 14.7 Å². The molecule has 0 aliphatic carbocycles. The standard InChI is InChI=1S/C18H17FN2O3/c1-23-16-4-2-3-14(11-21-17(22)9-10-20)18(16)24-12-13-5-7-15(19)8-6-13/h2-8H,9,11-12H2,1H3,(H,21,22). The molecule has 0 saturated carbocycles. The Balaban J connectivity index is 2.12. The van der Waals surface area contributed by atoms with Gasteiger partial charge in [0, 0.05) is 12.1 Å². The Bertz CT molecular complexity index is 739. The van der Waals surface area contributed by atoms with Gasteiger partial charge in [-0.1, -0.05) is 24.3 Å². The monoisotopic (exact) mass is 328 g/mol. The fraction of sp³-hybridized carbons (Fsp3) is 0.222. The van der Waals surface area contributed by atoms with E-state index in [-0.39, 0.29) is 31.3 Å². The predicted octanol–water partition coefficient (Wildman–Crippen LogP) is 2.94. The van der Waals surface area contributed by atoms with Crippen molar-refractivity contribution in [3.05, 3.63) is 59.4 Å². The van der Waals surface area contributed by atoms with Gasteiger partial charge >= 0.3 is 0 Å². The lowest BCUT2D eigenvalue weighted by molar-refractivity contribution is -0.120. The van der Waals surface area contributed by atoms with Crippen LogP contribution in [0.4, 0.5) is 4.39 Å². The number of methoxy groups -OCH3 is 1. The summed E-state index contributed by atoms with van der Waals surface area (Å²) in [6.07, 6.45) is -0.199. The maximum absolute atomic E-state index is 12.9. The second-order valence-corrected chi connectivity index (χ2v) is 4.98. The van der Waals surface area contributed by atoms with Gasteiger partial charge < -0.3 is 14.8 Å². The molecule has 0 aromatic heterocycles. The number of hydrogen-bond acceptors (Lipinski definition) is 4. The molecule has 0 bridgehead atoms. The topological polar surface area (TPSA) is 71.3 Å². The zero-order valence-electron chi connectivity index (χ0n) is 13.2. The second kappa shape index (κ2) is 8.53. The molecule has 0 radical (unpaired) electrons. The highest BCUT2D eigenvalue weighted by atomic mass is 19.1. The highest BCUT2D eigenvalue weighted by molar-refractivity contribution is 5.78. The number of para-hydroxylation sites is 1. The Morgan fingerprint density at radius 1 is 1.25 bits per heavy atom. The highest BCUT2D eigenvalue weighted by Crippen LogP contribution is 2.31. The van der Waals surface area contributed by atoms with E-state index in [0.29, 0.717) is 11.5 Å². The van der Waals surface area contributed by atoms with Gasteiger partial charge in [-0.2, -0.15) is 5.26 Å². The van der Waals surface area contributed by atoms with Crippen LogP contribution in [0, 0.1) is 17.1 Å². The van der Waals surface area contributed by atoms with Crippen LogP contribution in [0.25, 0.3) is 0 Å². The van der Waals surface area contributed by atoms with Gasteiger partial charge in [-0.3, -0.25) is 4.79 Å². The van der Waals surface area contributed by atoms with Gasteiger partial charge in [0.15, 0.2) is 11.5 Å². The molecule has 5 nitrogen and oxygen atoms in total. The first-order chi connectivity index (χ1) is 11.6. The zero-order chi connectivity index (χ0) is 17.4. The van der Waals surface area contributed by atoms with E-state index in [9.17, 15) is 9.18 Å². The normalized spacial score (nSPS) is 9.88. The van der Waals surface area contributed by atoms with Crippen molar-refractivity contribution < 1.29 is 18.7 Å². The van der Waals surface area contributed by atoms with Crippen LogP contribution >= 0.6 is 0 Å². The van der Waals surface area contributed by atoms with E-state index in [1.165, 1.54) is 19.2 Å². The Morgan fingerprint density at radius 2 is 2.00 bits per heavy atom. The molecule has 1 N–H and O–H groups in total. The van der Waals surface area contributed by atoms with Crippen LogP contribution < -0.4 is 14.8 Å². The average Bonchev–Trinajstić information content (AvgIpc) is 2.60. The Morgan fingerprint density at radius 3 is 2.67 bits per heavy atom. The SMILES string of the molecule is COc1cccc(CNC(=O)CC#N)c1OCc1ccc(F)cc1. The van der Waals surface area contributed by atoms with Gasteiger partial charge in [0.2, 0.25) is 5.91 Å². The Labute approximate surface area is 139 Å². The van der Waals surface area contributed by atoms with Crippen molar-refractivity contribution in [2.45, 2.75) is 19.6 Å². The fourth-order valence-electron chi connectivity index (χ4n) is 2.09. The molecule has 0 heterocycles. The molecule has 0 atom stereocenters. The lowest BCUT2D eigenvalue weighted by Gasteiger charge is -2.15. The maximum atomic E-state index is 12.9. The molecule has 124 valence electrons. The summed E-state index contributed by atoms with van der Waals surface area (Å²) in [7, 11) is 1.53. The first-order valence-corrected chi connectivity index (χ1v) is 7.31.